The molecule has 1 aliphatic rings. The Balaban J connectivity index is 2.03. The van der Waals surface area contributed by atoms with Crippen LogP contribution >= 0.6 is 11.6 Å². The lowest BCUT2D eigenvalue weighted by Gasteiger charge is -2.32. The summed E-state index contributed by atoms with van der Waals surface area (Å²) in [6, 6.07) is 4.05. The SMILES string of the molecule is COc1cc(Cl)c(C)cc1NC(=O)CN1CCCC[C@@H]1C. The summed E-state index contributed by atoms with van der Waals surface area (Å²) in [5, 5.41) is 3.57. The molecule has 1 heterocycles. The Morgan fingerprint density at radius 1 is 1.48 bits per heavy atom. The van der Waals surface area contributed by atoms with Gasteiger partial charge in [0.25, 0.3) is 0 Å². The van der Waals surface area contributed by atoms with E-state index in [9.17, 15) is 4.79 Å². The van der Waals surface area contributed by atoms with E-state index in [4.69, 9.17) is 16.3 Å². The van der Waals surface area contributed by atoms with E-state index in [1.807, 2.05) is 13.0 Å². The van der Waals surface area contributed by atoms with Gasteiger partial charge < -0.3 is 10.1 Å². The first-order valence-corrected chi connectivity index (χ1v) is 7.77. The third-order valence-corrected chi connectivity index (χ3v) is 4.45. The number of hydrogen-bond acceptors (Lipinski definition) is 3. The zero-order chi connectivity index (χ0) is 15.4. The fraction of sp³-hybridized carbons (Fsp3) is 0.562. The minimum absolute atomic E-state index is 0.0104. The number of piperidine rings is 1. The predicted octanol–water partition coefficient (Wildman–Crippen LogP) is 3.47. The first kappa shape index (κ1) is 16.1. The van der Waals surface area contributed by atoms with Crippen molar-refractivity contribution in [2.45, 2.75) is 39.2 Å². The van der Waals surface area contributed by atoms with Crippen LogP contribution in [-0.2, 0) is 4.79 Å². The molecule has 2 rings (SSSR count). The topological polar surface area (TPSA) is 41.6 Å². The Labute approximate surface area is 131 Å². The van der Waals surface area contributed by atoms with Gasteiger partial charge in [0.2, 0.25) is 5.91 Å². The maximum atomic E-state index is 12.2. The molecule has 1 aliphatic heterocycles. The summed E-state index contributed by atoms with van der Waals surface area (Å²) in [5.74, 6) is 0.578. The average Bonchev–Trinajstić information content (AvgIpc) is 2.45. The lowest BCUT2D eigenvalue weighted by molar-refractivity contribution is -0.118. The van der Waals surface area contributed by atoms with Crippen LogP contribution in [0.2, 0.25) is 5.02 Å². The number of rotatable bonds is 4. The number of ether oxygens (including phenoxy) is 1. The zero-order valence-electron chi connectivity index (χ0n) is 12.9. The molecule has 1 aromatic rings. The lowest BCUT2D eigenvalue weighted by atomic mass is 10.0. The Morgan fingerprint density at radius 3 is 2.90 bits per heavy atom. The second kappa shape index (κ2) is 7.14. The van der Waals surface area contributed by atoms with Gasteiger partial charge in [0.05, 0.1) is 19.3 Å². The second-order valence-corrected chi connectivity index (χ2v) is 6.07. The quantitative estimate of drug-likeness (QED) is 0.926. The normalized spacial score (nSPS) is 19.3. The monoisotopic (exact) mass is 310 g/mol. The van der Waals surface area contributed by atoms with Crippen molar-refractivity contribution in [2.24, 2.45) is 0 Å². The van der Waals surface area contributed by atoms with Gasteiger partial charge in [-0.2, -0.15) is 0 Å². The highest BCUT2D eigenvalue weighted by atomic mass is 35.5. The van der Waals surface area contributed by atoms with E-state index in [0.717, 1.165) is 18.5 Å². The average molecular weight is 311 g/mol. The van der Waals surface area contributed by atoms with Crippen LogP contribution in [0.4, 0.5) is 5.69 Å². The van der Waals surface area contributed by atoms with Gasteiger partial charge in [0.15, 0.2) is 0 Å². The minimum atomic E-state index is -0.0104. The number of carbonyl (C=O) groups is 1. The molecule has 0 bridgehead atoms. The van der Waals surface area contributed by atoms with Gasteiger partial charge in [-0.25, -0.2) is 0 Å². The van der Waals surface area contributed by atoms with Crippen molar-refractivity contribution < 1.29 is 9.53 Å². The summed E-state index contributed by atoms with van der Waals surface area (Å²) in [6.07, 6.45) is 3.58. The molecule has 116 valence electrons. The van der Waals surface area contributed by atoms with Gasteiger partial charge in [-0.05, 0) is 44.9 Å². The molecule has 0 aliphatic carbocycles. The summed E-state index contributed by atoms with van der Waals surface area (Å²) in [4.78, 5) is 14.5. The van der Waals surface area contributed by atoms with Gasteiger partial charge in [-0.1, -0.05) is 18.0 Å². The highest BCUT2D eigenvalue weighted by Gasteiger charge is 2.21. The minimum Gasteiger partial charge on any atom is -0.495 e. The molecule has 0 radical (unpaired) electrons. The number of likely N-dealkylation sites (tertiary alicyclic amines) is 1. The first-order valence-electron chi connectivity index (χ1n) is 7.39. The van der Waals surface area contributed by atoms with Crippen LogP contribution < -0.4 is 10.1 Å². The first-order chi connectivity index (χ1) is 10.0. The molecule has 21 heavy (non-hydrogen) atoms. The Bertz CT molecular complexity index is 519. The molecule has 4 nitrogen and oxygen atoms in total. The third-order valence-electron chi connectivity index (χ3n) is 4.04. The molecule has 1 amide bonds. The molecule has 1 N–H and O–H groups in total. The number of halogens is 1. The highest BCUT2D eigenvalue weighted by molar-refractivity contribution is 6.31. The molecule has 5 heteroatoms. The van der Waals surface area contributed by atoms with Crippen molar-refractivity contribution >= 4 is 23.2 Å². The van der Waals surface area contributed by atoms with Crippen LogP contribution in [0.5, 0.6) is 5.75 Å². The number of benzene rings is 1. The highest BCUT2D eigenvalue weighted by Crippen LogP contribution is 2.31. The molecular formula is C16H23ClN2O2. The molecule has 0 saturated carbocycles. The van der Waals surface area contributed by atoms with Crippen LogP contribution in [-0.4, -0.2) is 37.0 Å². The van der Waals surface area contributed by atoms with E-state index >= 15 is 0 Å². The van der Waals surface area contributed by atoms with Crippen molar-refractivity contribution in [3.05, 3.63) is 22.7 Å². The second-order valence-electron chi connectivity index (χ2n) is 5.67. The van der Waals surface area contributed by atoms with E-state index in [-0.39, 0.29) is 5.91 Å². The standard InChI is InChI=1S/C16H23ClN2O2/c1-11-8-14(15(21-3)9-13(11)17)18-16(20)10-19-7-5-4-6-12(19)2/h8-9,12H,4-7,10H2,1-3H3,(H,18,20)/t12-/m0/s1. The fourth-order valence-corrected chi connectivity index (χ4v) is 2.85. The molecule has 1 saturated heterocycles. The molecule has 0 unspecified atom stereocenters. The summed E-state index contributed by atoms with van der Waals surface area (Å²) in [7, 11) is 1.57. The van der Waals surface area contributed by atoms with Crippen molar-refractivity contribution in [3.8, 4) is 5.75 Å². The molecule has 1 aromatic carbocycles. The maximum Gasteiger partial charge on any atom is 0.238 e. The van der Waals surface area contributed by atoms with E-state index in [2.05, 4.69) is 17.1 Å². The van der Waals surface area contributed by atoms with Gasteiger partial charge in [0, 0.05) is 17.1 Å². The largest absolute Gasteiger partial charge is 0.495 e. The van der Waals surface area contributed by atoms with Crippen molar-refractivity contribution in [1.29, 1.82) is 0 Å². The number of carbonyl (C=O) groups excluding carboxylic acids is 1. The number of aryl methyl sites for hydroxylation is 1. The third kappa shape index (κ3) is 4.11. The van der Waals surface area contributed by atoms with Gasteiger partial charge in [0.1, 0.15) is 5.75 Å². The summed E-state index contributed by atoms with van der Waals surface area (Å²) < 4.78 is 5.28. The maximum absolute atomic E-state index is 12.2. The lowest BCUT2D eigenvalue weighted by Crippen LogP contribution is -2.42. The van der Waals surface area contributed by atoms with Crippen molar-refractivity contribution in [1.82, 2.24) is 4.90 Å². The van der Waals surface area contributed by atoms with E-state index in [0.29, 0.717) is 29.0 Å². The Kier molecular flexibility index (Phi) is 5.48. The van der Waals surface area contributed by atoms with Crippen molar-refractivity contribution in [2.75, 3.05) is 25.5 Å². The number of nitrogens with one attached hydrogen (secondary N) is 1. The molecule has 0 aromatic heterocycles. The predicted molar refractivity (Wildman–Crippen MR) is 86.3 cm³/mol. The van der Waals surface area contributed by atoms with Gasteiger partial charge in [-0.3, -0.25) is 9.69 Å². The van der Waals surface area contributed by atoms with Crippen LogP contribution in [0.15, 0.2) is 12.1 Å². The Hall–Kier alpha value is -1.26. The number of anilines is 1. The molecule has 0 spiro atoms. The molecular weight excluding hydrogens is 288 g/mol. The van der Waals surface area contributed by atoms with Crippen LogP contribution in [0.25, 0.3) is 0 Å². The van der Waals surface area contributed by atoms with Gasteiger partial charge >= 0.3 is 0 Å². The molecule has 1 fully saturated rings. The molecule has 1 atom stereocenters. The summed E-state index contributed by atoms with van der Waals surface area (Å²) >= 11 is 6.07. The van der Waals surface area contributed by atoms with Crippen molar-refractivity contribution in [3.63, 3.8) is 0 Å². The van der Waals surface area contributed by atoms with E-state index in [1.165, 1.54) is 12.8 Å². The number of hydrogen-bond donors (Lipinski definition) is 1. The summed E-state index contributed by atoms with van der Waals surface area (Å²) in [6.45, 7) is 5.50. The van der Waals surface area contributed by atoms with Crippen LogP contribution in [0, 0.1) is 6.92 Å². The fourth-order valence-electron chi connectivity index (χ4n) is 2.70. The number of nitrogens with zero attached hydrogens (tertiary/aromatic N) is 1. The van der Waals surface area contributed by atoms with Gasteiger partial charge in [-0.15, -0.1) is 0 Å². The summed E-state index contributed by atoms with van der Waals surface area (Å²) in [5.41, 5.74) is 1.59. The van der Waals surface area contributed by atoms with E-state index < -0.39 is 0 Å². The van der Waals surface area contributed by atoms with Crippen LogP contribution in [0.3, 0.4) is 0 Å². The number of amides is 1. The van der Waals surface area contributed by atoms with E-state index in [1.54, 1.807) is 13.2 Å². The zero-order valence-corrected chi connectivity index (χ0v) is 13.7. The number of methoxy groups -OCH3 is 1. The smallest absolute Gasteiger partial charge is 0.238 e. The Morgan fingerprint density at radius 2 is 2.24 bits per heavy atom. The van der Waals surface area contributed by atoms with Crippen LogP contribution in [0.1, 0.15) is 31.7 Å².